The molecule has 0 aromatic heterocycles. The molecule has 0 atom stereocenters. The SMILES string of the molecule is CC(C)Oc1ccccc1CNc1ccc(Cl)cc1F. The maximum Gasteiger partial charge on any atom is 0.147 e. The molecule has 0 aliphatic heterocycles. The van der Waals surface area contributed by atoms with E-state index in [1.54, 1.807) is 12.1 Å². The second-order valence-electron chi connectivity index (χ2n) is 4.75. The largest absolute Gasteiger partial charge is 0.491 e. The standard InChI is InChI=1S/C16H17ClFNO/c1-11(2)20-16-6-4-3-5-12(16)10-19-15-8-7-13(17)9-14(15)18/h3-9,11,19H,10H2,1-2H3. The molecule has 106 valence electrons. The predicted molar refractivity (Wildman–Crippen MR) is 80.9 cm³/mol. The van der Waals surface area contributed by atoms with E-state index in [0.29, 0.717) is 17.3 Å². The van der Waals surface area contributed by atoms with E-state index in [9.17, 15) is 4.39 Å². The van der Waals surface area contributed by atoms with Crippen molar-refractivity contribution in [1.29, 1.82) is 0 Å². The van der Waals surface area contributed by atoms with E-state index in [1.807, 2.05) is 38.1 Å². The van der Waals surface area contributed by atoms with Crippen LogP contribution in [0.25, 0.3) is 0 Å². The zero-order valence-corrected chi connectivity index (χ0v) is 12.2. The molecule has 0 aliphatic rings. The monoisotopic (exact) mass is 293 g/mol. The molecule has 0 bridgehead atoms. The van der Waals surface area contributed by atoms with Crippen molar-refractivity contribution >= 4 is 17.3 Å². The Hall–Kier alpha value is -1.74. The summed E-state index contributed by atoms with van der Waals surface area (Å²) in [5.41, 5.74) is 1.41. The molecule has 2 rings (SSSR count). The molecule has 1 N–H and O–H groups in total. The minimum atomic E-state index is -0.361. The maximum absolute atomic E-state index is 13.7. The lowest BCUT2D eigenvalue weighted by atomic mass is 10.2. The molecule has 0 radical (unpaired) electrons. The van der Waals surface area contributed by atoms with Gasteiger partial charge in [0, 0.05) is 17.1 Å². The van der Waals surface area contributed by atoms with Gasteiger partial charge in [-0.05, 0) is 38.1 Å². The first-order valence-corrected chi connectivity index (χ1v) is 6.87. The van der Waals surface area contributed by atoms with Crippen LogP contribution in [0.4, 0.5) is 10.1 Å². The summed E-state index contributed by atoms with van der Waals surface area (Å²) in [4.78, 5) is 0. The Morgan fingerprint density at radius 2 is 1.95 bits per heavy atom. The normalized spacial score (nSPS) is 10.7. The molecular weight excluding hydrogens is 277 g/mol. The summed E-state index contributed by atoms with van der Waals surface area (Å²) in [6.07, 6.45) is 0.100. The van der Waals surface area contributed by atoms with Crippen molar-refractivity contribution in [2.75, 3.05) is 5.32 Å². The van der Waals surface area contributed by atoms with Gasteiger partial charge in [0.15, 0.2) is 0 Å². The van der Waals surface area contributed by atoms with Crippen LogP contribution in [0, 0.1) is 5.82 Å². The Morgan fingerprint density at radius 1 is 1.20 bits per heavy atom. The summed E-state index contributed by atoms with van der Waals surface area (Å²) in [6, 6.07) is 12.3. The molecule has 2 aromatic rings. The van der Waals surface area contributed by atoms with E-state index < -0.39 is 0 Å². The fourth-order valence-electron chi connectivity index (χ4n) is 1.84. The van der Waals surface area contributed by atoms with Gasteiger partial charge in [-0.25, -0.2) is 4.39 Å². The first-order valence-electron chi connectivity index (χ1n) is 6.49. The minimum Gasteiger partial charge on any atom is -0.491 e. The van der Waals surface area contributed by atoms with Gasteiger partial charge in [0.2, 0.25) is 0 Å². The van der Waals surface area contributed by atoms with Gasteiger partial charge in [-0.15, -0.1) is 0 Å². The maximum atomic E-state index is 13.7. The van der Waals surface area contributed by atoms with Crippen LogP contribution < -0.4 is 10.1 Å². The minimum absolute atomic E-state index is 0.100. The van der Waals surface area contributed by atoms with Gasteiger partial charge in [-0.1, -0.05) is 29.8 Å². The molecule has 0 saturated carbocycles. The first-order chi connectivity index (χ1) is 9.56. The van der Waals surface area contributed by atoms with Crippen LogP contribution in [0.2, 0.25) is 5.02 Å². The predicted octanol–water partition coefficient (Wildman–Crippen LogP) is 4.88. The van der Waals surface area contributed by atoms with Crippen LogP contribution in [0.3, 0.4) is 0 Å². The highest BCUT2D eigenvalue weighted by molar-refractivity contribution is 6.30. The molecule has 0 heterocycles. The Labute approximate surface area is 123 Å². The molecule has 0 aliphatic carbocycles. The summed E-state index contributed by atoms with van der Waals surface area (Å²) in [7, 11) is 0. The van der Waals surface area contributed by atoms with Crippen LogP contribution in [0.1, 0.15) is 19.4 Å². The highest BCUT2D eigenvalue weighted by Crippen LogP contribution is 2.23. The Morgan fingerprint density at radius 3 is 2.65 bits per heavy atom. The van der Waals surface area contributed by atoms with Crippen LogP contribution >= 0.6 is 11.6 Å². The molecule has 2 aromatic carbocycles. The van der Waals surface area contributed by atoms with E-state index in [-0.39, 0.29) is 11.9 Å². The zero-order valence-electron chi connectivity index (χ0n) is 11.5. The summed E-state index contributed by atoms with van der Waals surface area (Å²) < 4.78 is 19.4. The average Bonchev–Trinajstić information content (AvgIpc) is 2.39. The lowest BCUT2D eigenvalue weighted by molar-refractivity contribution is 0.240. The number of rotatable bonds is 5. The third-order valence-corrected chi connectivity index (χ3v) is 2.97. The van der Waals surface area contributed by atoms with E-state index in [4.69, 9.17) is 16.3 Å². The van der Waals surface area contributed by atoms with Crippen LogP contribution in [-0.2, 0) is 6.54 Å². The van der Waals surface area contributed by atoms with E-state index in [0.717, 1.165) is 11.3 Å². The first kappa shape index (κ1) is 14.7. The van der Waals surface area contributed by atoms with Crippen molar-refractivity contribution in [2.45, 2.75) is 26.5 Å². The highest BCUT2D eigenvalue weighted by Gasteiger charge is 2.07. The van der Waals surface area contributed by atoms with Gasteiger partial charge in [-0.3, -0.25) is 0 Å². The highest BCUT2D eigenvalue weighted by atomic mass is 35.5. The average molecular weight is 294 g/mol. The van der Waals surface area contributed by atoms with Crippen molar-refractivity contribution < 1.29 is 9.13 Å². The molecule has 4 heteroatoms. The number of hydrogen-bond donors (Lipinski definition) is 1. The third kappa shape index (κ3) is 3.87. The van der Waals surface area contributed by atoms with Crippen LogP contribution in [0.15, 0.2) is 42.5 Å². The fourth-order valence-corrected chi connectivity index (χ4v) is 2.00. The number of halogens is 2. The Bertz CT molecular complexity index is 586. The van der Waals surface area contributed by atoms with Gasteiger partial charge in [-0.2, -0.15) is 0 Å². The number of nitrogens with one attached hydrogen (secondary N) is 1. The van der Waals surface area contributed by atoms with Gasteiger partial charge < -0.3 is 10.1 Å². The lowest BCUT2D eigenvalue weighted by Gasteiger charge is -2.15. The summed E-state index contributed by atoms with van der Waals surface area (Å²) in [5.74, 6) is 0.448. The fraction of sp³-hybridized carbons (Fsp3) is 0.250. The van der Waals surface area contributed by atoms with Gasteiger partial charge in [0.25, 0.3) is 0 Å². The molecule has 0 unspecified atom stereocenters. The van der Waals surface area contributed by atoms with Crippen LogP contribution in [-0.4, -0.2) is 6.10 Å². The number of hydrogen-bond acceptors (Lipinski definition) is 2. The van der Waals surface area contributed by atoms with E-state index in [2.05, 4.69) is 5.32 Å². The quantitative estimate of drug-likeness (QED) is 0.848. The van der Waals surface area contributed by atoms with Gasteiger partial charge in [0.05, 0.1) is 11.8 Å². The molecule has 0 fully saturated rings. The van der Waals surface area contributed by atoms with Gasteiger partial charge in [0.1, 0.15) is 11.6 Å². The molecule has 0 spiro atoms. The number of ether oxygens (including phenoxy) is 1. The second kappa shape index (κ2) is 6.62. The van der Waals surface area contributed by atoms with Crippen molar-refractivity contribution in [3.8, 4) is 5.75 Å². The Kier molecular flexibility index (Phi) is 4.85. The summed E-state index contributed by atoms with van der Waals surface area (Å²) >= 11 is 5.73. The van der Waals surface area contributed by atoms with Crippen molar-refractivity contribution in [3.05, 3.63) is 58.9 Å². The van der Waals surface area contributed by atoms with Gasteiger partial charge >= 0.3 is 0 Å². The van der Waals surface area contributed by atoms with Crippen molar-refractivity contribution in [2.24, 2.45) is 0 Å². The third-order valence-electron chi connectivity index (χ3n) is 2.74. The van der Waals surface area contributed by atoms with E-state index >= 15 is 0 Å². The smallest absolute Gasteiger partial charge is 0.147 e. The lowest BCUT2D eigenvalue weighted by Crippen LogP contribution is -2.09. The number of benzene rings is 2. The summed E-state index contributed by atoms with van der Waals surface area (Å²) in [5, 5.41) is 3.44. The number of anilines is 1. The Balaban J connectivity index is 2.10. The second-order valence-corrected chi connectivity index (χ2v) is 5.19. The van der Waals surface area contributed by atoms with Crippen molar-refractivity contribution in [1.82, 2.24) is 0 Å². The van der Waals surface area contributed by atoms with E-state index in [1.165, 1.54) is 6.07 Å². The molecule has 20 heavy (non-hydrogen) atoms. The topological polar surface area (TPSA) is 21.3 Å². The molecular formula is C16H17ClFNO. The molecule has 0 saturated heterocycles. The molecule has 2 nitrogen and oxygen atoms in total. The number of para-hydroxylation sites is 1. The van der Waals surface area contributed by atoms with Crippen LogP contribution in [0.5, 0.6) is 5.75 Å². The van der Waals surface area contributed by atoms with Crippen molar-refractivity contribution in [3.63, 3.8) is 0 Å². The zero-order chi connectivity index (χ0) is 14.5. The molecule has 0 amide bonds. The summed E-state index contributed by atoms with van der Waals surface area (Å²) in [6.45, 7) is 4.44.